The highest BCUT2D eigenvalue weighted by Crippen LogP contribution is 1.73. The average molecular weight is 127 g/mol. The predicted molar refractivity (Wildman–Crippen MR) is 33.9 cm³/mol. The second-order valence-corrected chi connectivity index (χ2v) is 1.21. The third kappa shape index (κ3) is 4.65. The first-order valence-corrected chi connectivity index (χ1v) is 2.58. The van der Waals surface area contributed by atoms with Crippen LogP contribution in [0.15, 0.2) is 18.5 Å². The van der Waals surface area contributed by atoms with E-state index in [1.165, 1.54) is 6.20 Å². The number of hydrogen-bond donors (Lipinski definition) is 1. The van der Waals surface area contributed by atoms with E-state index in [-0.39, 0.29) is 0 Å². The molecule has 0 unspecified atom stereocenters. The van der Waals surface area contributed by atoms with Crippen LogP contribution >= 0.6 is 0 Å². The Bertz CT molecular complexity index is 136. The molecule has 50 valence electrons. The number of carbonyl (C=O) groups is 1. The van der Waals surface area contributed by atoms with Crippen molar-refractivity contribution in [3.8, 4) is 0 Å². The van der Waals surface area contributed by atoms with Crippen LogP contribution in [0.3, 0.4) is 0 Å². The van der Waals surface area contributed by atoms with Gasteiger partial charge in [0.25, 0.3) is 0 Å². The van der Waals surface area contributed by atoms with Crippen LogP contribution in [0.5, 0.6) is 0 Å². The molecule has 0 aliphatic carbocycles. The van der Waals surface area contributed by atoms with Crippen molar-refractivity contribution < 1.29 is 9.53 Å². The van der Waals surface area contributed by atoms with E-state index >= 15 is 0 Å². The van der Waals surface area contributed by atoms with Crippen molar-refractivity contribution in [2.24, 2.45) is 0 Å². The zero-order valence-corrected chi connectivity index (χ0v) is 5.31. The van der Waals surface area contributed by atoms with Gasteiger partial charge in [0.15, 0.2) is 0 Å². The van der Waals surface area contributed by atoms with Gasteiger partial charge in [0.2, 0.25) is 0 Å². The lowest BCUT2D eigenvalue weighted by molar-refractivity contribution is 0.156. The van der Waals surface area contributed by atoms with Crippen LogP contribution in [0.1, 0.15) is 6.92 Å². The van der Waals surface area contributed by atoms with Gasteiger partial charge in [-0.2, -0.15) is 0 Å². The number of rotatable bonds is 2. The van der Waals surface area contributed by atoms with Crippen LogP contribution in [0.25, 0.3) is 0 Å². The van der Waals surface area contributed by atoms with E-state index in [4.69, 9.17) is 0 Å². The number of ether oxygens (including phenoxy) is 1. The fourth-order valence-corrected chi connectivity index (χ4v) is 0.283. The van der Waals surface area contributed by atoms with Gasteiger partial charge in [-0.05, 0) is 6.92 Å². The minimum absolute atomic E-state index is 0.372. The average Bonchev–Trinajstić information content (AvgIpc) is 1.85. The standard InChI is InChI=1S/C6H9NO2/c1-3-5-7-6(8)9-4-2/h5H,1,4H2,2H3,(H,7,8). The molecule has 0 aromatic heterocycles. The molecular weight excluding hydrogens is 118 g/mol. The molecule has 0 bridgehead atoms. The van der Waals surface area contributed by atoms with Gasteiger partial charge in [0, 0.05) is 6.20 Å². The largest absolute Gasteiger partial charge is 0.450 e. The van der Waals surface area contributed by atoms with E-state index in [1.54, 1.807) is 6.92 Å². The third-order valence-electron chi connectivity index (χ3n) is 0.568. The number of nitrogens with one attached hydrogen (secondary N) is 1. The molecule has 0 radical (unpaired) electrons. The van der Waals surface area contributed by atoms with Crippen molar-refractivity contribution in [1.82, 2.24) is 5.32 Å². The molecule has 3 nitrogen and oxygen atoms in total. The van der Waals surface area contributed by atoms with Gasteiger partial charge in [-0.25, -0.2) is 4.79 Å². The lowest BCUT2D eigenvalue weighted by Gasteiger charge is -1.96. The van der Waals surface area contributed by atoms with Crippen molar-refractivity contribution in [1.29, 1.82) is 0 Å². The second-order valence-electron chi connectivity index (χ2n) is 1.21. The molecule has 1 amide bonds. The Labute approximate surface area is 54.0 Å². The van der Waals surface area contributed by atoms with Gasteiger partial charge < -0.3 is 4.74 Å². The zero-order chi connectivity index (χ0) is 7.11. The first-order valence-electron chi connectivity index (χ1n) is 2.58. The van der Waals surface area contributed by atoms with Crippen LogP contribution in [0.4, 0.5) is 4.79 Å². The van der Waals surface area contributed by atoms with Crippen LogP contribution in [0.2, 0.25) is 0 Å². The Kier molecular flexibility index (Phi) is 4.27. The summed E-state index contributed by atoms with van der Waals surface area (Å²) in [6, 6.07) is 0. The molecule has 0 aromatic carbocycles. The van der Waals surface area contributed by atoms with Gasteiger partial charge in [0.1, 0.15) is 0 Å². The molecule has 0 saturated heterocycles. The molecule has 0 rings (SSSR count). The Balaban J connectivity index is 3.38. The summed E-state index contributed by atoms with van der Waals surface area (Å²) in [5, 5.41) is 2.27. The molecule has 1 N–H and O–H groups in total. The summed E-state index contributed by atoms with van der Waals surface area (Å²) in [5.74, 6) is 0. The first-order chi connectivity index (χ1) is 4.31. The van der Waals surface area contributed by atoms with Crippen molar-refractivity contribution in [2.75, 3.05) is 6.61 Å². The highest BCUT2D eigenvalue weighted by molar-refractivity contribution is 5.68. The molecule has 0 saturated carbocycles. The normalized spacial score (nSPS) is 7.22. The summed E-state index contributed by atoms with van der Waals surface area (Å²) in [6.07, 6.45) is 0.812. The topological polar surface area (TPSA) is 38.3 Å². The van der Waals surface area contributed by atoms with Crippen LogP contribution in [-0.4, -0.2) is 12.7 Å². The lowest BCUT2D eigenvalue weighted by atomic mass is 10.8. The number of alkyl carbamates (subject to hydrolysis) is 1. The minimum Gasteiger partial charge on any atom is -0.450 e. The van der Waals surface area contributed by atoms with Gasteiger partial charge in [0.05, 0.1) is 6.61 Å². The third-order valence-corrected chi connectivity index (χ3v) is 0.568. The lowest BCUT2D eigenvalue weighted by Crippen LogP contribution is -2.17. The maximum absolute atomic E-state index is 10.4. The Morgan fingerprint density at radius 2 is 2.67 bits per heavy atom. The van der Waals surface area contributed by atoms with Gasteiger partial charge >= 0.3 is 6.09 Å². The molecule has 0 atom stereocenters. The fraction of sp³-hybridized carbons (Fsp3) is 0.333. The fourth-order valence-electron chi connectivity index (χ4n) is 0.283. The van der Waals surface area contributed by atoms with Gasteiger partial charge in [-0.3, -0.25) is 5.32 Å². The summed E-state index contributed by atoms with van der Waals surface area (Å²) in [6.45, 7) is 5.35. The molecule has 0 heterocycles. The number of hydrogen-bond acceptors (Lipinski definition) is 2. The van der Waals surface area contributed by atoms with Crippen LogP contribution < -0.4 is 5.32 Å². The minimum atomic E-state index is -0.478. The molecule has 0 spiro atoms. The number of carbonyl (C=O) groups excluding carboxylic acids is 1. The van der Waals surface area contributed by atoms with Crippen LogP contribution in [-0.2, 0) is 4.74 Å². The summed E-state index contributed by atoms with van der Waals surface area (Å²) in [5.41, 5.74) is 2.37. The monoisotopic (exact) mass is 127 g/mol. The summed E-state index contributed by atoms with van der Waals surface area (Å²) < 4.78 is 4.49. The molecule has 0 fully saturated rings. The Hall–Kier alpha value is -1.21. The molecule has 0 aromatic rings. The molecule has 0 aliphatic heterocycles. The van der Waals surface area contributed by atoms with E-state index in [9.17, 15) is 4.79 Å². The first kappa shape index (κ1) is 7.79. The van der Waals surface area contributed by atoms with E-state index in [2.05, 4.69) is 22.4 Å². The van der Waals surface area contributed by atoms with Crippen molar-refractivity contribution in [2.45, 2.75) is 6.92 Å². The summed E-state index contributed by atoms with van der Waals surface area (Å²) >= 11 is 0. The van der Waals surface area contributed by atoms with E-state index < -0.39 is 6.09 Å². The van der Waals surface area contributed by atoms with Crippen molar-refractivity contribution in [3.63, 3.8) is 0 Å². The highest BCUT2D eigenvalue weighted by atomic mass is 16.5. The van der Waals surface area contributed by atoms with Crippen LogP contribution in [0, 0.1) is 0 Å². The molecule has 3 heteroatoms. The summed E-state index contributed by atoms with van der Waals surface area (Å²) in [4.78, 5) is 10.4. The smallest absolute Gasteiger partial charge is 0.411 e. The molecular formula is C6H9NO2. The van der Waals surface area contributed by atoms with E-state index in [0.29, 0.717) is 6.61 Å². The highest BCUT2D eigenvalue weighted by Gasteiger charge is 1.91. The van der Waals surface area contributed by atoms with E-state index in [0.717, 1.165) is 0 Å². The molecule has 9 heavy (non-hydrogen) atoms. The second kappa shape index (κ2) is 4.94. The Morgan fingerprint density at radius 3 is 3.11 bits per heavy atom. The SMILES string of the molecule is C=C=CNC(=O)OCC. The number of amides is 1. The van der Waals surface area contributed by atoms with E-state index in [1.807, 2.05) is 0 Å². The molecule has 0 aliphatic rings. The Morgan fingerprint density at radius 1 is 2.00 bits per heavy atom. The predicted octanol–water partition coefficient (Wildman–Crippen LogP) is 1.03. The van der Waals surface area contributed by atoms with Gasteiger partial charge in [-0.15, -0.1) is 5.73 Å². The van der Waals surface area contributed by atoms with Gasteiger partial charge in [-0.1, -0.05) is 6.58 Å². The van der Waals surface area contributed by atoms with Crippen molar-refractivity contribution in [3.05, 3.63) is 18.5 Å². The zero-order valence-electron chi connectivity index (χ0n) is 5.31. The summed E-state index contributed by atoms with van der Waals surface area (Å²) in [7, 11) is 0. The van der Waals surface area contributed by atoms with Crippen molar-refractivity contribution >= 4 is 6.09 Å². The quantitative estimate of drug-likeness (QED) is 0.562. The maximum Gasteiger partial charge on any atom is 0.411 e. The maximum atomic E-state index is 10.4.